The Morgan fingerprint density at radius 2 is 0.920 bits per heavy atom. The second kappa shape index (κ2) is 17.4. The average molecular weight is 661 g/mol. The third-order valence-electron chi connectivity index (χ3n) is 3.26. The average Bonchev–Trinajstić information content (AvgIpc) is 3.25. The minimum absolute atomic E-state index is 0.212. The molecule has 4 heteroatoms. The summed E-state index contributed by atoms with van der Waals surface area (Å²) in [4.78, 5) is 0. The molecular weight excluding hydrogens is 631 g/mol. The van der Waals surface area contributed by atoms with Gasteiger partial charge >= 0.3 is 34.7 Å². The first kappa shape index (κ1) is 25.0. The Balaban J connectivity index is 0.000000340. The summed E-state index contributed by atoms with van der Waals surface area (Å²) in [5, 5.41) is 3.03. The fraction of sp³-hybridized carbons (Fsp3) is 0.190. The Kier molecular flexibility index (Phi) is 17.4. The number of halogens is 1. The SMILES string of the molecule is C[PH+](C)c1ccccc1.C[PH+](C)c1ccccc1.[I][Os].c1cc[cH-]c1. The van der Waals surface area contributed by atoms with E-state index in [0.717, 1.165) is 0 Å². The zero-order valence-corrected chi connectivity index (χ0v) is 22.1. The molecule has 0 aliphatic rings. The van der Waals surface area contributed by atoms with Gasteiger partial charge in [0, 0.05) is 15.8 Å². The summed E-state index contributed by atoms with van der Waals surface area (Å²) in [5.41, 5.74) is 0. The van der Waals surface area contributed by atoms with Gasteiger partial charge in [0.05, 0.1) is 37.3 Å². The molecule has 0 aromatic heterocycles. The maximum atomic E-state index is 2.31. The van der Waals surface area contributed by atoms with Crippen LogP contribution in [0.25, 0.3) is 0 Å². The predicted molar refractivity (Wildman–Crippen MR) is 129 cm³/mol. The first-order valence-corrected chi connectivity index (χ1v) is 20.3. The molecule has 0 heterocycles. The quantitative estimate of drug-likeness (QED) is 0.184. The van der Waals surface area contributed by atoms with Crippen LogP contribution in [0.3, 0.4) is 0 Å². The van der Waals surface area contributed by atoms with Gasteiger partial charge in [-0.3, -0.25) is 0 Å². The Labute approximate surface area is 177 Å². The van der Waals surface area contributed by atoms with Crippen molar-refractivity contribution in [1.82, 2.24) is 0 Å². The van der Waals surface area contributed by atoms with E-state index in [1.165, 1.54) is 10.6 Å². The van der Waals surface area contributed by atoms with Gasteiger partial charge < -0.3 is 0 Å². The number of hydrogen-bond donors (Lipinski definition) is 0. The zero-order chi connectivity index (χ0) is 18.9. The maximum Gasteiger partial charge on any atom is -0.172 e. The van der Waals surface area contributed by atoms with Crippen LogP contribution >= 0.6 is 35.5 Å². The third-order valence-corrected chi connectivity index (χ3v) is 6.23. The summed E-state index contributed by atoms with van der Waals surface area (Å²) >= 11 is 4.01. The van der Waals surface area contributed by atoms with Crippen molar-refractivity contribution in [1.29, 1.82) is 0 Å². The van der Waals surface area contributed by atoms with E-state index >= 15 is 0 Å². The molecule has 0 aliphatic carbocycles. The van der Waals surface area contributed by atoms with Gasteiger partial charge in [-0.2, -0.15) is 18.2 Å². The molecular formula is C21H29IOsP2+. The summed E-state index contributed by atoms with van der Waals surface area (Å²) in [6.07, 6.45) is 0. The smallest absolute Gasteiger partial charge is 0.172 e. The predicted octanol–water partition coefficient (Wildman–Crippen LogP) is 5.86. The van der Waals surface area contributed by atoms with Crippen molar-refractivity contribution in [2.24, 2.45) is 0 Å². The normalized spacial score (nSPS) is 9.12. The second-order valence-electron chi connectivity index (χ2n) is 5.69. The molecule has 0 fully saturated rings. The van der Waals surface area contributed by atoms with Crippen molar-refractivity contribution < 1.29 is 15.1 Å². The molecule has 0 aliphatic heterocycles. The van der Waals surface area contributed by atoms with Crippen LogP contribution in [0.5, 0.6) is 0 Å². The summed E-state index contributed by atoms with van der Waals surface area (Å²) in [6, 6.07) is 31.4. The first-order chi connectivity index (χ1) is 12.1. The van der Waals surface area contributed by atoms with E-state index < -0.39 is 0 Å². The molecule has 0 N–H and O–H groups in total. The van der Waals surface area contributed by atoms with E-state index in [2.05, 4.69) is 107 Å². The van der Waals surface area contributed by atoms with Gasteiger partial charge in [-0.1, -0.05) is 36.4 Å². The van der Waals surface area contributed by atoms with Crippen LogP contribution in [0.15, 0.2) is 91.0 Å². The van der Waals surface area contributed by atoms with E-state index in [4.69, 9.17) is 0 Å². The van der Waals surface area contributed by atoms with Crippen molar-refractivity contribution in [3.05, 3.63) is 91.0 Å². The van der Waals surface area contributed by atoms with Crippen LogP contribution in [0, 0.1) is 0 Å². The maximum absolute atomic E-state index is 2.31. The Bertz CT molecular complexity index is 536. The molecule has 0 saturated carbocycles. The molecule has 137 valence electrons. The molecule has 0 spiro atoms. The van der Waals surface area contributed by atoms with Gasteiger partial charge in [0.2, 0.25) is 0 Å². The third kappa shape index (κ3) is 13.8. The first-order valence-electron chi connectivity index (χ1n) is 8.12. The van der Waals surface area contributed by atoms with Crippen molar-refractivity contribution in [2.45, 2.75) is 0 Å². The second-order valence-corrected chi connectivity index (χ2v) is 10.8. The Hall–Kier alpha value is 0.0164. The molecule has 3 aromatic rings. The summed E-state index contributed by atoms with van der Waals surface area (Å²) in [7, 11) is -0.424. The summed E-state index contributed by atoms with van der Waals surface area (Å²) < 4.78 is 0. The molecule has 0 atom stereocenters. The van der Waals surface area contributed by atoms with Gasteiger partial charge in [-0.05, 0) is 24.3 Å². The molecule has 0 bridgehead atoms. The minimum Gasteiger partial charge on any atom is -0.214 e. The fourth-order valence-electron chi connectivity index (χ4n) is 1.86. The molecule has 3 rings (SSSR count). The fourth-order valence-corrected chi connectivity index (χ4v) is 3.58. The van der Waals surface area contributed by atoms with Gasteiger partial charge in [-0.25, -0.2) is 12.1 Å². The van der Waals surface area contributed by atoms with Gasteiger partial charge in [-0.15, -0.1) is 0 Å². The molecule has 0 saturated heterocycles. The summed E-state index contributed by atoms with van der Waals surface area (Å²) in [5.74, 6) is 0. The van der Waals surface area contributed by atoms with E-state index in [-0.39, 0.29) is 15.8 Å². The number of rotatable bonds is 2. The van der Waals surface area contributed by atoms with Gasteiger partial charge in [0.1, 0.15) is 0 Å². The van der Waals surface area contributed by atoms with Crippen molar-refractivity contribution in [2.75, 3.05) is 26.7 Å². The standard InChI is InChI=1S/2C8H11P.C5H5.HI.Os/c2*1-9(2)8-6-4-3-5-7-8;1-2-4-5-3-1;;/h2*3-7H,1-2H3;1-5H;1H;/q;;-1;;+1/p+1. The van der Waals surface area contributed by atoms with Crippen molar-refractivity contribution in [3.63, 3.8) is 0 Å². The molecule has 3 aromatic carbocycles. The number of hydrogen-bond acceptors (Lipinski definition) is 0. The van der Waals surface area contributed by atoms with Crippen LogP contribution in [0.2, 0.25) is 0 Å². The van der Waals surface area contributed by atoms with Crippen molar-refractivity contribution >= 4 is 46.1 Å². The van der Waals surface area contributed by atoms with Crippen LogP contribution in [0.1, 0.15) is 0 Å². The monoisotopic (exact) mass is 662 g/mol. The van der Waals surface area contributed by atoms with E-state index in [9.17, 15) is 0 Å². The van der Waals surface area contributed by atoms with Gasteiger partial charge in [0.25, 0.3) is 0 Å². The molecule has 25 heavy (non-hydrogen) atoms. The Morgan fingerprint density at radius 1 is 0.600 bits per heavy atom. The topological polar surface area (TPSA) is 0 Å². The molecule has 0 unspecified atom stereocenters. The number of benzene rings is 2. The van der Waals surface area contributed by atoms with Crippen LogP contribution in [-0.2, 0) is 15.1 Å². The molecule has 0 amide bonds. The van der Waals surface area contributed by atoms with Crippen LogP contribution in [-0.4, -0.2) is 26.7 Å². The van der Waals surface area contributed by atoms with Crippen LogP contribution < -0.4 is 10.6 Å². The van der Waals surface area contributed by atoms with E-state index in [0.29, 0.717) is 0 Å². The minimum atomic E-state index is -0.212. The van der Waals surface area contributed by atoms with E-state index in [1.807, 2.05) is 45.4 Å². The zero-order valence-electron chi connectivity index (χ0n) is 15.4. The van der Waals surface area contributed by atoms with Crippen LogP contribution in [0.4, 0.5) is 0 Å². The molecule has 0 nitrogen and oxygen atoms in total. The van der Waals surface area contributed by atoms with Gasteiger partial charge in [0.15, 0.2) is 0 Å². The van der Waals surface area contributed by atoms with E-state index in [1.54, 1.807) is 0 Å². The largest absolute Gasteiger partial charge is 0.214 e. The van der Waals surface area contributed by atoms with Crippen molar-refractivity contribution in [3.8, 4) is 0 Å². The Morgan fingerprint density at radius 3 is 1.08 bits per heavy atom. The molecule has 0 radical (unpaired) electrons. The summed E-state index contributed by atoms with van der Waals surface area (Å²) in [6.45, 7) is 9.22.